The van der Waals surface area contributed by atoms with Gasteiger partial charge in [-0.25, -0.2) is 0 Å². The Balaban J connectivity index is 1.29. The monoisotopic (exact) mass is 419 g/mol. The highest BCUT2D eigenvalue weighted by atomic mass is 32.2. The van der Waals surface area contributed by atoms with Gasteiger partial charge in [0.1, 0.15) is 0 Å². The van der Waals surface area contributed by atoms with Crippen molar-refractivity contribution in [2.45, 2.75) is 43.2 Å². The maximum absolute atomic E-state index is 12.6. The molecule has 4 nitrogen and oxygen atoms in total. The molecular weight excluding hydrogens is 394 g/mol. The number of nitrogens with one attached hydrogen (secondary N) is 1. The molecule has 3 aromatic rings. The second-order valence-corrected chi connectivity index (χ2v) is 8.63. The molecule has 0 aliphatic heterocycles. The first-order valence-corrected chi connectivity index (χ1v) is 11.3. The lowest BCUT2D eigenvalue weighted by atomic mass is 9.87. The summed E-state index contributed by atoms with van der Waals surface area (Å²) in [6, 6.07) is 22.4. The van der Waals surface area contributed by atoms with Crippen LogP contribution in [0, 0.1) is 0 Å². The van der Waals surface area contributed by atoms with Gasteiger partial charge in [0.25, 0.3) is 5.91 Å². The molecule has 0 saturated heterocycles. The van der Waals surface area contributed by atoms with Crippen LogP contribution in [0.3, 0.4) is 0 Å². The van der Waals surface area contributed by atoms with Crippen LogP contribution in [-0.4, -0.2) is 23.7 Å². The maximum Gasteiger partial charge on any atom is 0.317 e. The first kappa shape index (κ1) is 20.5. The van der Waals surface area contributed by atoms with Crippen LogP contribution in [0.2, 0.25) is 0 Å². The van der Waals surface area contributed by atoms with Crippen LogP contribution in [-0.2, 0) is 20.7 Å². The lowest BCUT2D eigenvalue weighted by Gasteiger charge is -2.27. The second kappa shape index (κ2) is 9.35. The molecule has 0 heterocycles. The lowest BCUT2D eigenvalue weighted by Crippen LogP contribution is -2.39. The van der Waals surface area contributed by atoms with Crippen molar-refractivity contribution in [1.29, 1.82) is 0 Å². The highest BCUT2D eigenvalue weighted by molar-refractivity contribution is 8.00. The Morgan fingerprint density at radius 2 is 1.83 bits per heavy atom. The van der Waals surface area contributed by atoms with E-state index in [0.717, 1.165) is 29.5 Å². The first-order chi connectivity index (χ1) is 14.6. The third kappa shape index (κ3) is 4.85. The number of benzene rings is 3. The maximum atomic E-state index is 12.6. The van der Waals surface area contributed by atoms with Crippen LogP contribution in [0.4, 0.5) is 0 Å². The van der Waals surface area contributed by atoms with E-state index >= 15 is 0 Å². The van der Waals surface area contributed by atoms with Gasteiger partial charge in [-0.3, -0.25) is 9.59 Å². The number of rotatable bonds is 6. The van der Waals surface area contributed by atoms with Crippen LogP contribution in [0.25, 0.3) is 10.8 Å². The summed E-state index contributed by atoms with van der Waals surface area (Å²) in [5.74, 6) is -0.469. The topological polar surface area (TPSA) is 55.4 Å². The lowest BCUT2D eigenvalue weighted by molar-refractivity contribution is -0.152. The van der Waals surface area contributed by atoms with E-state index in [1.54, 1.807) is 6.92 Å². The van der Waals surface area contributed by atoms with Gasteiger partial charge in [0.15, 0.2) is 6.10 Å². The molecule has 3 aromatic carbocycles. The number of aryl methyl sites for hydroxylation is 1. The summed E-state index contributed by atoms with van der Waals surface area (Å²) in [5, 5.41) is 5.35. The molecule has 0 spiro atoms. The standard InChI is InChI=1S/C25H25NO3S/c1-17(25(28)26-23-12-6-10-19-8-4-5-11-22(19)23)29-24(27)16-30-21-14-13-18-7-2-3-9-20(18)15-21/h2-5,7-9,11,13-15,17,23H,6,10,12,16H2,1H3,(H,26,28)/t17-,23+/m1/s1. The van der Waals surface area contributed by atoms with Crippen molar-refractivity contribution in [1.82, 2.24) is 5.32 Å². The number of ether oxygens (including phenoxy) is 1. The van der Waals surface area contributed by atoms with Crippen LogP contribution >= 0.6 is 11.8 Å². The molecule has 0 radical (unpaired) electrons. The van der Waals surface area contributed by atoms with E-state index in [0.29, 0.717) is 0 Å². The van der Waals surface area contributed by atoms with Crippen LogP contribution in [0.1, 0.15) is 36.9 Å². The molecule has 1 aliphatic carbocycles. The van der Waals surface area contributed by atoms with E-state index in [-0.39, 0.29) is 23.7 Å². The molecule has 0 bridgehead atoms. The number of hydrogen-bond acceptors (Lipinski definition) is 4. The zero-order valence-electron chi connectivity index (χ0n) is 17.0. The molecule has 0 aromatic heterocycles. The molecule has 1 N–H and O–H groups in total. The predicted molar refractivity (Wildman–Crippen MR) is 120 cm³/mol. The summed E-state index contributed by atoms with van der Waals surface area (Å²) < 4.78 is 5.38. The fraction of sp³-hybridized carbons (Fsp3) is 0.280. The van der Waals surface area contributed by atoms with E-state index < -0.39 is 6.10 Å². The van der Waals surface area contributed by atoms with Crippen molar-refractivity contribution in [3.8, 4) is 0 Å². The molecule has 5 heteroatoms. The van der Waals surface area contributed by atoms with Crippen LogP contribution in [0.5, 0.6) is 0 Å². The minimum Gasteiger partial charge on any atom is -0.452 e. The number of esters is 1. The summed E-state index contributed by atoms with van der Waals surface area (Å²) in [7, 11) is 0. The van der Waals surface area contributed by atoms with E-state index in [2.05, 4.69) is 29.6 Å². The third-order valence-electron chi connectivity index (χ3n) is 5.44. The molecule has 4 rings (SSSR count). The van der Waals surface area contributed by atoms with Crippen LogP contribution in [0.15, 0.2) is 71.6 Å². The average molecular weight is 420 g/mol. The summed E-state index contributed by atoms with van der Waals surface area (Å²) in [4.78, 5) is 25.8. The zero-order chi connectivity index (χ0) is 20.9. The van der Waals surface area contributed by atoms with E-state index in [1.165, 1.54) is 28.3 Å². The minimum absolute atomic E-state index is 0.0180. The molecule has 1 aliphatic rings. The summed E-state index contributed by atoms with van der Waals surface area (Å²) in [5.41, 5.74) is 2.45. The van der Waals surface area contributed by atoms with E-state index in [1.807, 2.05) is 42.5 Å². The Kier molecular flexibility index (Phi) is 6.38. The molecule has 0 unspecified atom stereocenters. The summed E-state index contributed by atoms with van der Waals surface area (Å²) in [6.45, 7) is 1.63. The Bertz CT molecular complexity index is 1060. The van der Waals surface area contributed by atoms with Crippen molar-refractivity contribution >= 4 is 34.4 Å². The molecule has 0 fully saturated rings. The third-order valence-corrected chi connectivity index (χ3v) is 6.41. The molecule has 2 atom stereocenters. The van der Waals surface area contributed by atoms with Gasteiger partial charge in [-0.2, -0.15) is 0 Å². The van der Waals surface area contributed by atoms with Crippen molar-refractivity contribution < 1.29 is 14.3 Å². The predicted octanol–water partition coefficient (Wildman–Crippen LogP) is 5.06. The number of carbonyl (C=O) groups excluding carboxylic acids is 2. The molecule has 30 heavy (non-hydrogen) atoms. The van der Waals surface area contributed by atoms with Gasteiger partial charge in [0.05, 0.1) is 11.8 Å². The normalized spacial score (nSPS) is 16.5. The quantitative estimate of drug-likeness (QED) is 0.448. The van der Waals surface area contributed by atoms with Crippen molar-refractivity contribution in [3.05, 3.63) is 77.9 Å². The molecule has 154 valence electrons. The van der Waals surface area contributed by atoms with Crippen molar-refractivity contribution in [3.63, 3.8) is 0 Å². The van der Waals surface area contributed by atoms with Gasteiger partial charge in [0, 0.05) is 4.90 Å². The first-order valence-electron chi connectivity index (χ1n) is 10.3. The molecule has 0 saturated carbocycles. The number of fused-ring (bicyclic) bond motifs is 2. The summed E-state index contributed by atoms with van der Waals surface area (Å²) >= 11 is 1.42. The van der Waals surface area contributed by atoms with E-state index in [9.17, 15) is 9.59 Å². The highest BCUT2D eigenvalue weighted by Crippen LogP contribution is 2.29. The smallest absolute Gasteiger partial charge is 0.317 e. The van der Waals surface area contributed by atoms with Gasteiger partial charge in [0.2, 0.25) is 0 Å². The SMILES string of the molecule is C[C@@H](OC(=O)CSc1ccc2ccccc2c1)C(=O)N[C@H]1CCCc2ccccc21. The number of amides is 1. The van der Waals surface area contributed by atoms with E-state index in [4.69, 9.17) is 4.74 Å². The number of carbonyl (C=O) groups is 2. The van der Waals surface area contributed by atoms with Gasteiger partial charge in [-0.1, -0.05) is 54.6 Å². The van der Waals surface area contributed by atoms with Gasteiger partial charge < -0.3 is 10.1 Å². The van der Waals surface area contributed by atoms with Crippen molar-refractivity contribution in [2.24, 2.45) is 0 Å². The number of hydrogen-bond donors (Lipinski definition) is 1. The largest absolute Gasteiger partial charge is 0.452 e. The van der Waals surface area contributed by atoms with Gasteiger partial charge in [-0.05, 0) is 60.2 Å². The number of thioether (sulfide) groups is 1. The second-order valence-electron chi connectivity index (χ2n) is 7.58. The van der Waals surface area contributed by atoms with Gasteiger partial charge >= 0.3 is 5.97 Å². The highest BCUT2D eigenvalue weighted by Gasteiger charge is 2.25. The molecule has 1 amide bonds. The minimum atomic E-state index is -0.816. The van der Waals surface area contributed by atoms with Crippen molar-refractivity contribution in [2.75, 3.05) is 5.75 Å². The van der Waals surface area contributed by atoms with Gasteiger partial charge in [-0.15, -0.1) is 11.8 Å². The van der Waals surface area contributed by atoms with Crippen LogP contribution < -0.4 is 5.32 Å². The Hall–Kier alpha value is -2.79. The average Bonchev–Trinajstić information content (AvgIpc) is 2.77. The fourth-order valence-electron chi connectivity index (χ4n) is 3.88. The Morgan fingerprint density at radius 3 is 2.70 bits per heavy atom. The zero-order valence-corrected chi connectivity index (χ0v) is 17.8. The molecular formula is C25H25NO3S. The Labute approximate surface area is 181 Å². The summed E-state index contributed by atoms with van der Waals surface area (Å²) in [6.07, 6.45) is 2.17. The fourth-order valence-corrected chi connectivity index (χ4v) is 4.60. The Morgan fingerprint density at radius 1 is 1.07 bits per heavy atom.